The van der Waals surface area contributed by atoms with Gasteiger partial charge in [-0.1, -0.05) is 18.2 Å². The highest BCUT2D eigenvalue weighted by molar-refractivity contribution is 5.85. The standard InChI is InChI=1S/C31H35N9O5/c1-36-28-26(30(42)37(2)31(36)43)39(18-33-28)16-25(41)40-10-9-38(14-19-8-11-45-17-19)15-24(40)27-32-13-23(34-27)21-12-20-6-4-5-7-22(20)35-29(21)44-3/h4-7,12-13,18-19,24H,8-11,14-17H2,1-3H3,(H,32,34). The van der Waals surface area contributed by atoms with Crippen LogP contribution in [0.25, 0.3) is 33.3 Å². The molecule has 14 nitrogen and oxygen atoms in total. The van der Waals surface area contributed by atoms with E-state index in [4.69, 9.17) is 14.5 Å². The first-order valence-electron chi connectivity index (χ1n) is 15.0. The van der Waals surface area contributed by atoms with Crippen LogP contribution in [0.5, 0.6) is 5.88 Å². The number of benzene rings is 1. The number of rotatable bonds is 7. The first-order chi connectivity index (χ1) is 21.8. The molecule has 2 saturated heterocycles. The first kappa shape index (κ1) is 28.9. The van der Waals surface area contributed by atoms with Crippen molar-refractivity contribution in [1.29, 1.82) is 0 Å². The minimum absolute atomic E-state index is 0.104. The molecular formula is C31H35N9O5. The number of imidazole rings is 2. The number of hydrogen-bond acceptors (Lipinski definition) is 9. The molecule has 7 rings (SSSR count). The van der Waals surface area contributed by atoms with Gasteiger partial charge in [0, 0.05) is 52.3 Å². The van der Waals surface area contributed by atoms with Crippen LogP contribution < -0.4 is 16.0 Å². The molecule has 2 aliphatic rings. The third-order valence-electron chi connectivity index (χ3n) is 8.93. The summed E-state index contributed by atoms with van der Waals surface area (Å²) < 4.78 is 15.1. The zero-order valence-electron chi connectivity index (χ0n) is 25.5. The maximum absolute atomic E-state index is 14.0. The lowest BCUT2D eigenvalue weighted by Crippen LogP contribution is -2.52. The number of aryl methyl sites for hydroxylation is 1. The van der Waals surface area contributed by atoms with Crippen LogP contribution >= 0.6 is 0 Å². The fraction of sp³-hybridized carbons (Fsp3) is 0.419. The Balaban J connectivity index is 1.22. The maximum atomic E-state index is 14.0. The smallest absolute Gasteiger partial charge is 0.332 e. The van der Waals surface area contributed by atoms with Gasteiger partial charge in [0.15, 0.2) is 11.2 Å². The molecule has 0 aliphatic carbocycles. The second-order valence-corrected chi connectivity index (χ2v) is 11.8. The highest BCUT2D eigenvalue weighted by Crippen LogP contribution is 2.33. The van der Waals surface area contributed by atoms with Crippen molar-refractivity contribution in [2.75, 3.05) is 46.5 Å². The normalized spacial score (nSPS) is 19.1. The summed E-state index contributed by atoms with van der Waals surface area (Å²) in [6, 6.07) is 9.49. The number of para-hydroxylation sites is 1. The lowest BCUT2D eigenvalue weighted by Gasteiger charge is -2.41. The summed E-state index contributed by atoms with van der Waals surface area (Å²) in [6.07, 6.45) is 4.22. The number of nitrogens with zero attached hydrogens (tertiary/aromatic N) is 8. The second kappa shape index (κ2) is 11.6. The highest BCUT2D eigenvalue weighted by atomic mass is 16.5. The van der Waals surface area contributed by atoms with E-state index < -0.39 is 11.2 Å². The van der Waals surface area contributed by atoms with Crippen LogP contribution in [-0.2, 0) is 30.2 Å². The third-order valence-corrected chi connectivity index (χ3v) is 8.93. The average Bonchev–Trinajstić information content (AvgIpc) is 3.84. The Labute approximate surface area is 257 Å². The first-order valence-corrected chi connectivity index (χ1v) is 15.0. The van der Waals surface area contributed by atoms with Gasteiger partial charge in [0.25, 0.3) is 5.56 Å². The number of carbonyl (C=O) groups excluding carboxylic acids is 1. The van der Waals surface area contributed by atoms with Crippen molar-refractivity contribution < 1.29 is 14.3 Å². The molecule has 1 amide bonds. The molecule has 234 valence electrons. The predicted octanol–water partition coefficient (Wildman–Crippen LogP) is 1.30. The molecule has 1 aromatic carbocycles. The molecule has 14 heteroatoms. The van der Waals surface area contributed by atoms with E-state index in [0.717, 1.165) is 52.9 Å². The number of methoxy groups -OCH3 is 1. The Morgan fingerprint density at radius 3 is 2.78 bits per heavy atom. The van der Waals surface area contributed by atoms with Gasteiger partial charge in [0.1, 0.15) is 18.4 Å². The van der Waals surface area contributed by atoms with Gasteiger partial charge in [-0.05, 0) is 24.5 Å². The number of pyridine rings is 1. The van der Waals surface area contributed by atoms with Crippen molar-refractivity contribution in [2.24, 2.45) is 20.0 Å². The van der Waals surface area contributed by atoms with E-state index in [1.807, 2.05) is 35.2 Å². The van der Waals surface area contributed by atoms with Gasteiger partial charge < -0.3 is 23.9 Å². The molecule has 0 spiro atoms. The summed E-state index contributed by atoms with van der Waals surface area (Å²) in [5, 5.41) is 0.972. The minimum Gasteiger partial charge on any atom is -0.480 e. The molecule has 2 aliphatic heterocycles. The molecule has 0 saturated carbocycles. The number of carbonyl (C=O) groups is 1. The molecule has 45 heavy (non-hydrogen) atoms. The van der Waals surface area contributed by atoms with Crippen LogP contribution in [0.1, 0.15) is 18.3 Å². The number of piperazine rings is 1. The summed E-state index contributed by atoms with van der Waals surface area (Å²) in [7, 11) is 4.57. The number of aromatic nitrogens is 7. The van der Waals surface area contributed by atoms with Gasteiger partial charge in [-0.25, -0.2) is 19.7 Å². The number of nitrogens with one attached hydrogen (secondary N) is 1. The van der Waals surface area contributed by atoms with E-state index in [-0.39, 0.29) is 29.7 Å². The Morgan fingerprint density at radius 2 is 1.98 bits per heavy atom. The topological polar surface area (TPSA) is 145 Å². The van der Waals surface area contributed by atoms with Crippen molar-refractivity contribution in [3.05, 3.63) is 69.5 Å². The van der Waals surface area contributed by atoms with Gasteiger partial charge in [-0.2, -0.15) is 0 Å². The van der Waals surface area contributed by atoms with E-state index >= 15 is 0 Å². The zero-order chi connectivity index (χ0) is 31.2. The van der Waals surface area contributed by atoms with E-state index in [9.17, 15) is 14.4 Å². The number of H-pyrrole nitrogens is 1. The molecule has 2 fully saturated rings. The highest BCUT2D eigenvalue weighted by Gasteiger charge is 2.35. The van der Waals surface area contributed by atoms with E-state index in [1.165, 1.54) is 22.5 Å². The summed E-state index contributed by atoms with van der Waals surface area (Å²) in [6.45, 7) is 4.07. The summed E-state index contributed by atoms with van der Waals surface area (Å²) in [5.74, 6) is 1.40. The summed E-state index contributed by atoms with van der Waals surface area (Å²) >= 11 is 0. The molecule has 0 radical (unpaired) electrons. The van der Waals surface area contributed by atoms with E-state index in [0.29, 0.717) is 37.3 Å². The van der Waals surface area contributed by atoms with Gasteiger partial charge in [0.05, 0.1) is 43.0 Å². The lowest BCUT2D eigenvalue weighted by atomic mass is 10.1. The number of ether oxygens (including phenoxy) is 2. The Hall–Kier alpha value is -4.82. The Bertz CT molecular complexity index is 2020. The van der Waals surface area contributed by atoms with Crippen LogP contribution in [0, 0.1) is 5.92 Å². The minimum atomic E-state index is -0.493. The SMILES string of the molecule is COc1nc2ccccc2cc1-c1cnc(C2CN(CC3CCOC3)CCN2C(=O)Cn2cnc3c2c(=O)n(C)c(=O)n3C)[nH]1. The number of fused-ring (bicyclic) bond motifs is 2. The third kappa shape index (κ3) is 5.19. The monoisotopic (exact) mass is 613 g/mol. The number of hydrogen-bond donors (Lipinski definition) is 1. The fourth-order valence-electron chi connectivity index (χ4n) is 6.47. The molecule has 2 atom stereocenters. The molecule has 2 unspecified atom stereocenters. The maximum Gasteiger partial charge on any atom is 0.332 e. The number of amides is 1. The van der Waals surface area contributed by atoms with Crippen molar-refractivity contribution in [1.82, 2.24) is 43.4 Å². The predicted molar refractivity (Wildman–Crippen MR) is 166 cm³/mol. The Kier molecular flexibility index (Phi) is 7.45. The van der Waals surface area contributed by atoms with Crippen LogP contribution in [0.15, 0.2) is 52.4 Å². The van der Waals surface area contributed by atoms with Crippen LogP contribution in [-0.4, -0.2) is 95.8 Å². The van der Waals surface area contributed by atoms with E-state index in [1.54, 1.807) is 20.4 Å². The van der Waals surface area contributed by atoms with Crippen molar-refractivity contribution in [2.45, 2.75) is 19.0 Å². The molecule has 1 N–H and O–H groups in total. The van der Waals surface area contributed by atoms with Gasteiger partial charge >= 0.3 is 5.69 Å². The van der Waals surface area contributed by atoms with Gasteiger partial charge in [-0.15, -0.1) is 0 Å². The van der Waals surface area contributed by atoms with Crippen LogP contribution in [0.3, 0.4) is 0 Å². The second-order valence-electron chi connectivity index (χ2n) is 11.8. The van der Waals surface area contributed by atoms with Gasteiger partial charge in [-0.3, -0.25) is 23.6 Å². The zero-order valence-corrected chi connectivity index (χ0v) is 25.5. The summed E-state index contributed by atoms with van der Waals surface area (Å²) in [5.41, 5.74) is 1.82. The Morgan fingerprint density at radius 1 is 1.13 bits per heavy atom. The van der Waals surface area contributed by atoms with Crippen LogP contribution in [0.4, 0.5) is 0 Å². The number of aromatic amines is 1. The van der Waals surface area contributed by atoms with Crippen molar-refractivity contribution in [3.8, 4) is 17.1 Å². The average molecular weight is 614 g/mol. The quantitative estimate of drug-likeness (QED) is 0.287. The lowest BCUT2D eigenvalue weighted by molar-refractivity contribution is -0.137. The van der Waals surface area contributed by atoms with Crippen molar-refractivity contribution >= 4 is 28.0 Å². The molecule has 5 aromatic rings. The molecular weight excluding hydrogens is 578 g/mol. The molecule has 6 heterocycles. The van der Waals surface area contributed by atoms with Crippen molar-refractivity contribution in [3.63, 3.8) is 0 Å². The largest absolute Gasteiger partial charge is 0.480 e. The van der Waals surface area contributed by atoms with E-state index in [2.05, 4.69) is 19.9 Å². The summed E-state index contributed by atoms with van der Waals surface area (Å²) in [4.78, 5) is 60.8. The van der Waals surface area contributed by atoms with Gasteiger partial charge in [0.2, 0.25) is 11.8 Å². The van der Waals surface area contributed by atoms with Crippen LogP contribution in [0.2, 0.25) is 0 Å². The molecule has 4 aromatic heterocycles. The molecule has 0 bridgehead atoms. The fourth-order valence-corrected chi connectivity index (χ4v) is 6.47.